The highest BCUT2D eigenvalue weighted by molar-refractivity contribution is 6.30. The van der Waals surface area contributed by atoms with E-state index in [2.05, 4.69) is 29.3 Å². The standard InChI is InChI=1S/C28H31ClN2O3/c1-5-30-28(32)34-26-16-10-23(11-17-26)27(20(2)21-6-12-24(29)13-7-21)22-8-14-25(15-9-22)33-19-18-31(3)4/h6-17H,5,18-19H2,1-4H3,(H,30,32)/b27-20-. The number of carbonyl (C=O) groups is 1. The first-order valence-corrected chi connectivity index (χ1v) is 11.7. The lowest BCUT2D eigenvalue weighted by Crippen LogP contribution is -2.26. The Morgan fingerprint density at radius 1 is 0.853 bits per heavy atom. The van der Waals surface area contributed by atoms with E-state index < -0.39 is 6.09 Å². The highest BCUT2D eigenvalue weighted by atomic mass is 35.5. The Kier molecular flexibility index (Phi) is 9.14. The van der Waals surface area contributed by atoms with Crippen molar-refractivity contribution in [3.05, 3.63) is 94.5 Å². The molecule has 3 aromatic rings. The minimum absolute atomic E-state index is 0.465. The van der Waals surface area contributed by atoms with Gasteiger partial charge in [0.15, 0.2) is 0 Å². The predicted molar refractivity (Wildman–Crippen MR) is 140 cm³/mol. The molecule has 0 aromatic heterocycles. The summed E-state index contributed by atoms with van der Waals surface area (Å²) in [5.74, 6) is 1.32. The molecule has 1 amide bonds. The van der Waals surface area contributed by atoms with Crippen molar-refractivity contribution < 1.29 is 14.3 Å². The Balaban J connectivity index is 1.94. The molecule has 34 heavy (non-hydrogen) atoms. The lowest BCUT2D eigenvalue weighted by atomic mass is 9.90. The molecule has 0 aliphatic heterocycles. The number of carbonyl (C=O) groups excluding carboxylic acids is 1. The molecule has 0 aliphatic carbocycles. The zero-order valence-corrected chi connectivity index (χ0v) is 20.9. The molecule has 0 atom stereocenters. The third-order valence-electron chi connectivity index (χ3n) is 5.28. The number of hydrogen-bond donors (Lipinski definition) is 1. The summed E-state index contributed by atoms with van der Waals surface area (Å²) in [6.07, 6.45) is -0.465. The molecular formula is C28H31ClN2O3. The molecule has 1 N–H and O–H groups in total. The van der Waals surface area contributed by atoms with Crippen LogP contribution >= 0.6 is 11.6 Å². The molecule has 0 fully saturated rings. The number of benzene rings is 3. The minimum atomic E-state index is -0.465. The van der Waals surface area contributed by atoms with Crippen molar-refractivity contribution >= 4 is 28.8 Å². The van der Waals surface area contributed by atoms with E-state index in [-0.39, 0.29) is 0 Å². The average molecular weight is 479 g/mol. The lowest BCUT2D eigenvalue weighted by molar-refractivity contribution is 0.201. The van der Waals surface area contributed by atoms with Gasteiger partial charge in [-0.2, -0.15) is 0 Å². The summed E-state index contributed by atoms with van der Waals surface area (Å²) >= 11 is 6.11. The maximum Gasteiger partial charge on any atom is 0.412 e. The van der Waals surface area contributed by atoms with Crippen LogP contribution in [-0.4, -0.2) is 44.8 Å². The molecule has 6 heteroatoms. The molecule has 0 spiro atoms. The summed E-state index contributed by atoms with van der Waals surface area (Å²) in [6, 6.07) is 23.5. The Labute approximate surface area is 207 Å². The molecule has 3 rings (SSSR count). The van der Waals surface area contributed by atoms with Gasteiger partial charge in [0.1, 0.15) is 18.1 Å². The van der Waals surface area contributed by atoms with Crippen LogP contribution in [-0.2, 0) is 0 Å². The Bertz CT molecular complexity index is 1110. The van der Waals surface area contributed by atoms with E-state index in [4.69, 9.17) is 21.1 Å². The number of rotatable bonds is 9. The van der Waals surface area contributed by atoms with Crippen molar-refractivity contribution in [2.75, 3.05) is 33.8 Å². The van der Waals surface area contributed by atoms with Crippen molar-refractivity contribution in [3.63, 3.8) is 0 Å². The summed E-state index contributed by atoms with van der Waals surface area (Å²) < 4.78 is 11.2. The molecule has 0 aliphatic rings. The molecule has 0 heterocycles. The maximum atomic E-state index is 11.7. The first-order valence-electron chi connectivity index (χ1n) is 11.3. The third-order valence-corrected chi connectivity index (χ3v) is 5.53. The fourth-order valence-corrected chi connectivity index (χ4v) is 3.61. The predicted octanol–water partition coefficient (Wildman–Crippen LogP) is 6.37. The van der Waals surface area contributed by atoms with Crippen LogP contribution in [0.1, 0.15) is 30.5 Å². The van der Waals surface area contributed by atoms with E-state index >= 15 is 0 Å². The largest absolute Gasteiger partial charge is 0.492 e. The maximum absolute atomic E-state index is 11.7. The lowest BCUT2D eigenvalue weighted by Gasteiger charge is -2.16. The molecule has 0 unspecified atom stereocenters. The van der Waals surface area contributed by atoms with Gasteiger partial charge in [0, 0.05) is 18.1 Å². The van der Waals surface area contributed by atoms with Crippen LogP contribution in [0.5, 0.6) is 11.5 Å². The van der Waals surface area contributed by atoms with E-state index in [9.17, 15) is 4.79 Å². The van der Waals surface area contributed by atoms with Crippen molar-refractivity contribution in [1.82, 2.24) is 10.2 Å². The zero-order chi connectivity index (χ0) is 24.5. The molecule has 3 aromatic carbocycles. The van der Waals surface area contributed by atoms with Gasteiger partial charge in [-0.3, -0.25) is 0 Å². The number of nitrogens with one attached hydrogen (secondary N) is 1. The Hall–Kier alpha value is -3.28. The van der Waals surface area contributed by atoms with Gasteiger partial charge in [-0.05, 0) is 92.2 Å². The van der Waals surface area contributed by atoms with Crippen LogP contribution in [0.15, 0.2) is 72.8 Å². The monoisotopic (exact) mass is 478 g/mol. The van der Waals surface area contributed by atoms with Gasteiger partial charge in [-0.15, -0.1) is 0 Å². The second-order valence-corrected chi connectivity index (χ2v) is 8.56. The molecule has 0 saturated heterocycles. The van der Waals surface area contributed by atoms with E-state index in [1.807, 2.05) is 69.6 Å². The van der Waals surface area contributed by atoms with Gasteiger partial charge in [-0.25, -0.2) is 4.79 Å². The number of nitrogens with zero attached hydrogens (tertiary/aromatic N) is 1. The van der Waals surface area contributed by atoms with Crippen LogP contribution in [0, 0.1) is 0 Å². The fraction of sp³-hybridized carbons (Fsp3) is 0.250. The van der Waals surface area contributed by atoms with Crippen molar-refractivity contribution in [2.45, 2.75) is 13.8 Å². The van der Waals surface area contributed by atoms with Crippen molar-refractivity contribution in [3.8, 4) is 11.5 Å². The van der Waals surface area contributed by atoms with E-state index in [0.29, 0.717) is 23.9 Å². The second-order valence-electron chi connectivity index (χ2n) is 8.13. The number of allylic oxidation sites excluding steroid dienone is 1. The molecule has 0 saturated carbocycles. The van der Waals surface area contributed by atoms with Crippen LogP contribution in [0.2, 0.25) is 5.02 Å². The van der Waals surface area contributed by atoms with Crippen LogP contribution in [0.4, 0.5) is 4.79 Å². The molecule has 178 valence electrons. The summed E-state index contributed by atoms with van der Waals surface area (Å²) in [4.78, 5) is 13.8. The first-order chi connectivity index (χ1) is 16.4. The summed E-state index contributed by atoms with van der Waals surface area (Å²) in [5, 5.41) is 3.33. The van der Waals surface area contributed by atoms with Crippen LogP contribution in [0.3, 0.4) is 0 Å². The number of halogens is 1. The highest BCUT2D eigenvalue weighted by Crippen LogP contribution is 2.34. The Morgan fingerprint density at radius 3 is 1.91 bits per heavy atom. The number of likely N-dealkylation sites (N-methyl/N-ethyl adjacent to an activating group) is 1. The zero-order valence-electron chi connectivity index (χ0n) is 20.1. The molecule has 5 nitrogen and oxygen atoms in total. The summed E-state index contributed by atoms with van der Waals surface area (Å²) in [5.41, 5.74) is 5.33. The second kappa shape index (κ2) is 12.3. The fourth-order valence-electron chi connectivity index (χ4n) is 3.48. The van der Waals surface area contributed by atoms with Gasteiger partial charge in [0.05, 0.1) is 0 Å². The Morgan fingerprint density at radius 2 is 1.38 bits per heavy atom. The average Bonchev–Trinajstić information content (AvgIpc) is 2.81. The minimum Gasteiger partial charge on any atom is -0.492 e. The van der Waals surface area contributed by atoms with E-state index in [1.54, 1.807) is 12.1 Å². The highest BCUT2D eigenvalue weighted by Gasteiger charge is 2.13. The SMILES string of the molecule is CCNC(=O)Oc1ccc(/C(=C(/C)c2ccc(Cl)cc2)c2ccc(OCCN(C)C)cc2)cc1. The molecular weight excluding hydrogens is 448 g/mol. The normalized spacial score (nSPS) is 11.7. The number of ether oxygens (including phenoxy) is 2. The number of amides is 1. The van der Waals surface area contributed by atoms with Gasteiger partial charge < -0.3 is 19.7 Å². The first kappa shape index (κ1) is 25.3. The molecule has 0 bridgehead atoms. The van der Waals surface area contributed by atoms with E-state index in [0.717, 1.165) is 40.1 Å². The third kappa shape index (κ3) is 7.11. The van der Waals surface area contributed by atoms with E-state index in [1.165, 1.54) is 0 Å². The molecule has 0 radical (unpaired) electrons. The van der Waals surface area contributed by atoms with Crippen molar-refractivity contribution in [2.24, 2.45) is 0 Å². The summed E-state index contributed by atoms with van der Waals surface area (Å²) in [6.45, 7) is 5.94. The smallest absolute Gasteiger partial charge is 0.412 e. The number of hydrogen-bond acceptors (Lipinski definition) is 4. The van der Waals surface area contributed by atoms with Crippen LogP contribution in [0.25, 0.3) is 11.1 Å². The van der Waals surface area contributed by atoms with Crippen LogP contribution < -0.4 is 14.8 Å². The van der Waals surface area contributed by atoms with Gasteiger partial charge in [0.25, 0.3) is 0 Å². The quantitative estimate of drug-likeness (QED) is 0.363. The van der Waals surface area contributed by atoms with Gasteiger partial charge >= 0.3 is 6.09 Å². The van der Waals surface area contributed by atoms with Crippen molar-refractivity contribution in [1.29, 1.82) is 0 Å². The topological polar surface area (TPSA) is 50.8 Å². The summed E-state index contributed by atoms with van der Waals surface area (Å²) in [7, 11) is 4.05. The van der Waals surface area contributed by atoms with Gasteiger partial charge in [-0.1, -0.05) is 48.0 Å². The van der Waals surface area contributed by atoms with Gasteiger partial charge in [0.2, 0.25) is 0 Å².